The van der Waals surface area contributed by atoms with Gasteiger partial charge in [0.05, 0.1) is 5.69 Å². The molecule has 0 bridgehead atoms. The first-order valence-electron chi connectivity index (χ1n) is 8.98. The van der Waals surface area contributed by atoms with Crippen molar-refractivity contribution in [2.75, 3.05) is 11.6 Å². The van der Waals surface area contributed by atoms with Crippen molar-refractivity contribution in [1.82, 2.24) is 10.3 Å². The van der Waals surface area contributed by atoms with E-state index in [9.17, 15) is 18.0 Å². The summed E-state index contributed by atoms with van der Waals surface area (Å²) < 4.78 is 28.5. The van der Waals surface area contributed by atoms with Gasteiger partial charge in [0.1, 0.15) is 11.4 Å². The number of rotatable bonds is 5. The molecule has 154 valence electrons. The smallest absolute Gasteiger partial charge is 0.287 e. The number of nitrogens with two attached hydrogens (primary N) is 1. The van der Waals surface area contributed by atoms with Crippen LogP contribution in [-0.2, 0) is 26.2 Å². The van der Waals surface area contributed by atoms with E-state index in [1.165, 1.54) is 22.2 Å². The molecular weight excluding hydrogens is 408 g/mol. The summed E-state index contributed by atoms with van der Waals surface area (Å²) in [5.74, 6) is -1.83. The fraction of sp³-hybridized carbons (Fsp3) is 0.158. The van der Waals surface area contributed by atoms with Crippen molar-refractivity contribution >= 4 is 39.3 Å². The minimum atomic E-state index is -3.99. The van der Waals surface area contributed by atoms with Crippen LogP contribution in [0.5, 0.6) is 0 Å². The number of hydrogen-bond acceptors (Lipinski definition) is 7. The Hall–Kier alpha value is -3.73. The molecule has 4 rings (SSSR count). The van der Waals surface area contributed by atoms with Crippen molar-refractivity contribution in [3.05, 3.63) is 59.7 Å². The van der Waals surface area contributed by atoms with Gasteiger partial charge in [-0.2, -0.15) is 13.4 Å². The lowest BCUT2D eigenvalue weighted by Crippen LogP contribution is -2.52. The zero-order valence-electron chi connectivity index (χ0n) is 15.9. The van der Waals surface area contributed by atoms with Crippen LogP contribution in [0.1, 0.15) is 11.1 Å². The number of amidine groups is 1. The number of hydrazine groups is 1. The molecule has 2 heterocycles. The Kier molecular flexibility index (Phi) is 4.74. The Morgan fingerprint density at radius 3 is 2.50 bits per heavy atom. The van der Waals surface area contributed by atoms with Gasteiger partial charge in [0.15, 0.2) is 0 Å². The van der Waals surface area contributed by atoms with Gasteiger partial charge in [-0.15, -0.1) is 4.40 Å². The van der Waals surface area contributed by atoms with Crippen LogP contribution in [0, 0.1) is 6.92 Å². The molecule has 0 saturated heterocycles. The second kappa shape index (κ2) is 7.26. The molecule has 2 amide bonds. The van der Waals surface area contributed by atoms with Crippen LogP contribution in [0.25, 0.3) is 0 Å². The van der Waals surface area contributed by atoms with E-state index in [4.69, 9.17) is 5.73 Å². The predicted octanol–water partition coefficient (Wildman–Crippen LogP) is 0.291. The fourth-order valence-corrected chi connectivity index (χ4v) is 4.23. The second-order valence-electron chi connectivity index (χ2n) is 6.77. The van der Waals surface area contributed by atoms with Crippen LogP contribution in [0.2, 0.25) is 0 Å². The predicted molar refractivity (Wildman–Crippen MR) is 110 cm³/mol. The number of aliphatic imine (C=N–C) groups is 1. The van der Waals surface area contributed by atoms with E-state index in [1.807, 2.05) is 31.2 Å². The van der Waals surface area contributed by atoms with Gasteiger partial charge in [-0.05, 0) is 24.6 Å². The average molecular weight is 426 g/mol. The van der Waals surface area contributed by atoms with Crippen molar-refractivity contribution in [3.63, 3.8) is 0 Å². The molecule has 3 N–H and O–H groups in total. The van der Waals surface area contributed by atoms with Gasteiger partial charge in [-0.3, -0.25) is 9.59 Å². The van der Waals surface area contributed by atoms with Crippen molar-refractivity contribution in [1.29, 1.82) is 0 Å². The van der Waals surface area contributed by atoms with Gasteiger partial charge in [0.2, 0.25) is 11.7 Å². The monoisotopic (exact) mass is 426 g/mol. The van der Waals surface area contributed by atoms with E-state index < -0.39 is 21.8 Å². The summed E-state index contributed by atoms with van der Waals surface area (Å²) in [6, 6.07) is 13.8. The van der Waals surface area contributed by atoms with Crippen LogP contribution in [0.3, 0.4) is 0 Å². The summed E-state index contributed by atoms with van der Waals surface area (Å²) in [4.78, 5) is 28.4. The summed E-state index contributed by atoms with van der Waals surface area (Å²) in [6.07, 6.45) is 0. The van der Waals surface area contributed by atoms with Gasteiger partial charge >= 0.3 is 0 Å². The maximum atomic E-state index is 12.6. The van der Waals surface area contributed by atoms with E-state index >= 15 is 0 Å². The third-order valence-electron chi connectivity index (χ3n) is 4.58. The van der Waals surface area contributed by atoms with Gasteiger partial charge in [-0.25, -0.2) is 10.0 Å². The molecule has 10 nitrogen and oxygen atoms in total. The zero-order chi connectivity index (χ0) is 21.5. The average Bonchev–Trinajstić information content (AvgIpc) is 3.05. The lowest BCUT2D eigenvalue weighted by molar-refractivity contribution is -0.121. The Bertz CT molecular complexity index is 1200. The number of aryl methyl sites for hydroxylation is 1. The Morgan fingerprint density at radius 1 is 1.10 bits per heavy atom. The van der Waals surface area contributed by atoms with Gasteiger partial charge < -0.3 is 11.1 Å². The number of benzene rings is 2. The number of anilines is 1. The maximum absolute atomic E-state index is 12.6. The number of sulfonamides is 1. The van der Waals surface area contributed by atoms with Crippen LogP contribution in [0.15, 0.2) is 62.8 Å². The Labute approximate surface area is 172 Å². The normalized spacial score (nSPS) is 16.3. The first kappa shape index (κ1) is 19.6. The van der Waals surface area contributed by atoms with Gasteiger partial charge in [-0.1, -0.05) is 42.0 Å². The van der Waals surface area contributed by atoms with Crippen LogP contribution >= 0.6 is 0 Å². The summed E-state index contributed by atoms with van der Waals surface area (Å²) in [5.41, 5.74) is 7.66. The number of carbonyl (C=O) groups excluding carboxylic acids is 2. The number of fused-ring (bicyclic) bond motifs is 3. The molecule has 2 aliphatic heterocycles. The first-order chi connectivity index (χ1) is 14.3. The highest BCUT2D eigenvalue weighted by Crippen LogP contribution is 2.34. The lowest BCUT2D eigenvalue weighted by Gasteiger charge is -2.32. The number of primary amides is 1. The molecule has 2 aliphatic rings. The number of hydrogen-bond donors (Lipinski definition) is 2. The topological polar surface area (TPSA) is 138 Å². The molecule has 0 aromatic heterocycles. The largest absolute Gasteiger partial charge is 0.363 e. The first-order valence-corrected chi connectivity index (χ1v) is 10.4. The van der Waals surface area contributed by atoms with E-state index in [-0.39, 0.29) is 28.9 Å². The van der Waals surface area contributed by atoms with Crippen molar-refractivity contribution < 1.29 is 18.0 Å². The number of para-hydroxylation sites is 1. The summed E-state index contributed by atoms with van der Waals surface area (Å²) in [6.45, 7) is 1.96. The molecule has 0 unspecified atom stereocenters. The highest BCUT2D eigenvalue weighted by Gasteiger charge is 2.42. The Balaban J connectivity index is 1.60. The second-order valence-corrected chi connectivity index (χ2v) is 8.34. The standard InChI is InChI=1S/C19H18N6O4S/c1-12-6-8-13(9-7-12)10-21-16(26)11-24-18(17(20)27)22-19-23-30(28,29)15-5-3-2-4-14(15)25(19)24/h2-9H,10-11H2,1H3,(H2,20,27)(H,21,26). The number of amides is 2. The van der Waals surface area contributed by atoms with Crippen molar-refractivity contribution in [3.8, 4) is 0 Å². The lowest BCUT2D eigenvalue weighted by atomic mass is 10.1. The van der Waals surface area contributed by atoms with E-state index in [0.29, 0.717) is 6.54 Å². The molecule has 2 aromatic carbocycles. The van der Waals surface area contributed by atoms with Crippen molar-refractivity contribution in [2.24, 2.45) is 15.1 Å². The zero-order valence-corrected chi connectivity index (χ0v) is 16.8. The molecule has 0 atom stereocenters. The molecule has 0 radical (unpaired) electrons. The van der Waals surface area contributed by atoms with E-state index in [1.54, 1.807) is 12.1 Å². The molecule has 0 spiro atoms. The number of nitrogens with one attached hydrogen (secondary N) is 1. The summed E-state index contributed by atoms with van der Waals surface area (Å²) in [5, 5.41) is 5.30. The maximum Gasteiger partial charge on any atom is 0.287 e. The minimum Gasteiger partial charge on any atom is -0.363 e. The molecule has 2 aromatic rings. The highest BCUT2D eigenvalue weighted by molar-refractivity contribution is 7.90. The molecule has 0 saturated carbocycles. The third-order valence-corrected chi connectivity index (χ3v) is 5.88. The Morgan fingerprint density at radius 2 is 1.80 bits per heavy atom. The fourth-order valence-electron chi connectivity index (χ4n) is 3.13. The summed E-state index contributed by atoms with van der Waals surface area (Å²) in [7, 11) is -3.99. The number of guanidine groups is 1. The van der Waals surface area contributed by atoms with Gasteiger partial charge in [0, 0.05) is 6.54 Å². The summed E-state index contributed by atoms with van der Waals surface area (Å²) >= 11 is 0. The molecule has 30 heavy (non-hydrogen) atoms. The molecule has 0 aliphatic carbocycles. The molecular formula is C19H18N6O4S. The van der Waals surface area contributed by atoms with Gasteiger partial charge in [0.25, 0.3) is 21.9 Å². The highest BCUT2D eigenvalue weighted by atomic mass is 32.2. The van der Waals surface area contributed by atoms with Crippen LogP contribution in [0.4, 0.5) is 5.69 Å². The quantitative estimate of drug-likeness (QED) is 0.705. The van der Waals surface area contributed by atoms with Crippen LogP contribution < -0.4 is 16.1 Å². The number of carbonyl (C=O) groups is 2. The molecule has 0 fully saturated rings. The van der Waals surface area contributed by atoms with E-state index in [2.05, 4.69) is 14.7 Å². The SMILES string of the molecule is Cc1ccc(CNC(=O)CN2C(C(N)=O)=NC3=NS(=O)(=O)c4ccccc4N32)cc1. The third kappa shape index (κ3) is 3.50. The number of nitrogens with zero attached hydrogens (tertiary/aromatic N) is 4. The van der Waals surface area contributed by atoms with Crippen molar-refractivity contribution in [2.45, 2.75) is 18.4 Å². The minimum absolute atomic E-state index is 0.0558. The van der Waals surface area contributed by atoms with Crippen LogP contribution in [-0.4, -0.2) is 43.6 Å². The molecule has 11 heteroatoms. The van der Waals surface area contributed by atoms with E-state index in [0.717, 1.165) is 11.1 Å².